The first kappa shape index (κ1) is 19.2. The molecule has 1 aliphatic rings. The van der Waals surface area contributed by atoms with Crippen LogP contribution in [0.5, 0.6) is 5.75 Å². The number of rotatable bonds is 6. The molecule has 6 heteroatoms. The molecule has 144 valence electrons. The summed E-state index contributed by atoms with van der Waals surface area (Å²) in [5, 5.41) is 15.6. The third-order valence-electron chi connectivity index (χ3n) is 4.97. The first-order valence-corrected chi connectivity index (χ1v) is 9.26. The largest absolute Gasteiger partial charge is 0.497 e. The molecule has 3 N–H and O–H groups in total. The van der Waals surface area contributed by atoms with Crippen LogP contribution >= 0.6 is 0 Å². The Kier molecular flexibility index (Phi) is 6.68. The van der Waals surface area contributed by atoms with E-state index in [1.165, 1.54) is 5.56 Å². The summed E-state index contributed by atoms with van der Waals surface area (Å²) < 4.78 is 5.18. The average Bonchev–Trinajstić information content (AvgIpc) is 2.69. The zero-order valence-electron chi connectivity index (χ0n) is 15.6. The second-order valence-electron chi connectivity index (χ2n) is 6.89. The van der Waals surface area contributed by atoms with Crippen LogP contribution in [0.3, 0.4) is 0 Å². The Labute approximate surface area is 160 Å². The SMILES string of the molecule is COc1cccc(NC(=O)NC2CN(Cc3ccccc3)CCC2CO)c1. The molecule has 1 saturated heterocycles. The monoisotopic (exact) mass is 369 g/mol. The molecule has 0 bridgehead atoms. The van der Waals surface area contributed by atoms with E-state index in [1.54, 1.807) is 13.2 Å². The van der Waals surface area contributed by atoms with E-state index in [4.69, 9.17) is 4.74 Å². The van der Waals surface area contributed by atoms with Gasteiger partial charge in [-0.2, -0.15) is 0 Å². The first-order chi connectivity index (χ1) is 13.2. The molecule has 0 aromatic heterocycles. The van der Waals surface area contributed by atoms with Gasteiger partial charge < -0.3 is 20.5 Å². The Bertz CT molecular complexity index is 738. The quantitative estimate of drug-likeness (QED) is 0.732. The van der Waals surface area contributed by atoms with Crippen molar-refractivity contribution in [3.8, 4) is 5.75 Å². The maximum absolute atomic E-state index is 12.4. The van der Waals surface area contributed by atoms with E-state index < -0.39 is 0 Å². The van der Waals surface area contributed by atoms with Crippen molar-refractivity contribution < 1.29 is 14.6 Å². The Morgan fingerprint density at radius 2 is 2.04 bits per heavy atom. The summed E-state index contributed by atoms with van der Waals surface area (Å²) in [4.78, 5) is 14.8. The van der Waals surface area contributed by atoms with Gasteiger partial charge in [-0.25, -0.2) is 4.79 Å². The number of ether oxygens (including phenoxy) is 1. The number of piperidine rings is 1. The number of likely N-dealkylation sites (tertiary alicyclic amines) is 1. The van der Waals surface area contributed by atoms with Gasteiger partial charge in [0.2, 0.25) is 0 Å². The molecule has 1 heterocycles. The van der Waals surface area contributed by atoms with Crippen molar-refractivity contribution in [3.63, 3.8) is 0 Å². The molecule has 2 unspecified atom stereocenters. The number of anilines is 1. The molecule has 27 heavy (non-hydrogen) atoms. The van der Waals surface area contributed by atoms with Crippen molar-refractivity contribution >= 4 is 11.7 Å². The third-order valence-corrected chi connectivity index (χ3v) is 4.97. The molecule has 0 spiro atoms. The van der Waals surface area contributed by atoms with E-state index in [9.17, 15) is 9.90 Å². The van der Waals surface area contributed by atoms with E-state index in [1.807, 2.05) is 36.4 Å². The third kappa shape index (κ3) is 5.45. The topological polar surface area (TPSA) is 73.8 Å². The molecule has 1 aliphatic heterocycles. The number of methoxy groups -OCH3 is 1. The number of hydrogen-bond donors (Lipinski definition) is 3. The molecule has 6 nitrogen and oxygen atoms in total. The van der Waals surface area contributed by atoms with Gasteiger partial charge in [0.15, 0.2) is 0 Å². The lowest BCUT2D eigenvalue weighted by atomic mass is 9.92. The summed E-state index contributed by atoms with van der Waals surface area (Å²) in [7, 11) is 1.59. The standard InChI is InChI=1S/C21H27N3O3/c1-27-19-9-5-8-18(12-19)22-21(26)23-20-14-24(11-10-17(20)15-25)13-16-6-3-2-4-7-16/h2-9,12,17,20,25H,10-11,13-15H2,1H3,(H2,22,23,26). The van der Waals surface area contributed by atoms with Crippen molar-refractivity contribution in [2.75, 3.05) is 32.1 Å². The molecular weight excluding hydrogens is 342 g/mol. The number of amides is 2. The predicted molar refractivity (Wildman–Crippen MR) is 106 cm³/mol. The second-order valence-corrected chi connectivity index (χ2v) is 6.89. The fourth-order valence-electron chi connectivity index (χ4n) is 3.47. The summed E-state index contributed by atoms with van der Waals surface area (Å²) in [6.07, 6.45) is 0.855. The van der Waals surface area contributed by atoms with E-state index in [-0.39, 0.29) is 24.6 Å². The molecule has 2 atom stereocenters. The van der Waals surface area contributed by atoms with Crippen LogP contribution in [-0.2, 0) is 6.54 Å². The molecule has 0 saturated carbocycles. The molecule has 1 fully saturated rings. The van der Waals surface area contributed by atoms with E-state index in [0.717, 1.165) is 19.5 Å². The summed E-state index contributed by atoms with van der Waals surface area (Å²) in [6, 6.07) is 17.2. The molecule has 2 aromatic carbocycles. The Morgan fingerprint density at radius 3 is 2.78 bits per heavy atom. The molecular formula is C21H27N3O3. The summed E-state index contributed by atoms with van der Waals surface area (Å²) in [6.45, 7) is 2.54. The van der Waals surface area contributed by atoms with E-state index >= 15 is 0 Å². The lowest BCUT2D eigenvalue weighted by Gasteiger charge is -2.38. The number of hydrogen-bond acceptors (Lipinski definition) is 4. The van der Waals surface area contributed by atoms with Gasteiger partial charge in [0.05, 0.1) is 7.11 Å². The lowest BCUT2D eigenvalue weighted by molar-refractivity contribution is 0.0958. The average molecular weight is 369 g/mol. The van der Waals surface area contributed by atoms with Gasteiger partial charge >= 0.3 is 6.03 Å². The molecule has 3 rings (SSSR count). The minimum absolute atomic E-state index is 0.0630. The van der Waals surface area contributed by atoms with Crippen molar-refractivity contribution in [1.29, 1.82) is 0 Å². The molecule has 2 amide bonds. The first-order valence-electron chi connectivity index (χ1n) is 9.26. The number of benzene rings is 2. The fraction of sp³-hybridized carbons (Fsp3) is 0.381. The smallest absolute Gasteiger partial charge is 0.319 e. The number of carbonyl (C=O) groups is 1. The molecule has 0 radical (unpaired) electrons. The highest BCUT2D eigenvalue weighted by molar-refractivity contribution is 5.89. The van der Waals surface area contributed by atoms with E-state index in [2.05, 4.69) is 27.7 Å². The van der Waals surface area contributed by atoms with Gasteiger partial charge in [0, 0.05) is 43.4 Å². The lowest BCUT2D eigenvalue weighted by Crippen LogP contribution is -2.54. The van der Waals surface area contributed by atoms with E-state index in [0.29, 0.717) is 18.0 Å². The normalized spacial score (nSPS) is 20.1. The zero-order valence-corrected chi connectivity index (χ0v) is 15.6. The minimum atomic E-state index is -0.270. The number of aliphatic hydroxyl groups is 1. The highest BCUT2D eigenvalue weighted by Gasteiger charge is 2.30. The Morgan fingerprint density at radius 1 is 1.22 bits per heavy atom. The van der Waals surface area contributed by atoms with Crippen molar-refractivity contribution in [1.82, 2.24) is 10.2 Å². The van der Waals surface area contributed by atoms with Gasteiger partial charge in [-0.3, -0.25) is 4.90 Å². The number of carbonyl (C=O) groups excluding carboxylic acids is 1. The van der Waals surface area contributed by atoms with Crippen LogP contribution in [0.1, 0.15) is 12.0 Å². The Hall–Kier alpha value is -2.57. The van der Waals surface area contributed by atoms with Gasteiger partial charge in [0.1, 0.15) is 5.75 Å². The van der Waals surface area contributed by atoms with Crippen molar-refractivity contribution in [2.45, 2.75) is 19.0 Å². The van der Waals surface area contributed by atoms with Crippen LogP contribution in [0, 0.1) is 5.92 Å². The summed E-state index contributed by atoms with van der Waals surface area (Å²) in [5.41, 5.74) is 1.92. The fourth-order valence-corrected chi connectivity index (χ4v) is 3.47. The van der Waals surface area contributed by atoms with Crippen LogP contribution in [0.25, 0.3) is 0 Å². The van der Waals surface area contributed by atoms with Crippen LogP contribution < -0.4 is 15.4 Å². The highest BCUT2D eigenvalue weighted by atomic mass is 16.5. The van der Waals surface area contributed by atoms with Crippen molar-refractivity contribution in [2.24, 2.45) is 5.92 Å². The zero-order chi connectivity index (χ0) is 19.1. The summed E-state index contributed by atoms with van der Waals surface area (Å²) >= 11 is 0. The summed E-state index contributed by atoms with van der Waals surface area (Å²) in [5.74, 6) is 0.751. The van der Waals surface area contributed by atoms with Crippen LogP contribution in [0.4, 0.5) is 10.5 Å². The predicted octanol–water partition coefficient (Wildman–Crippen LogP) is 2.70. The van der Waals surface area contributed by atoms with Gasteiger partial charge in [0.25, 0.3) is 0 Å². The van der Waals surface area contributed by atoms with Gasteiger partial charge in [-0.1, -0.05) is 36.4 Å². The highest BCUT2D eigenvalue weighted by Crippen LogP contribution is 2.20. The van der Waals surface area contributed by atoms with Crippen LogP contribution in [0.15, 0.2) is 54.6 Å². The maximum Gasteiger partial charge on any atom is 0.319 e. The second kappa shape index (κ2) is 9.39. The number of urea groups is 1. The molecule has 2 aromatic rings. The van der Waals surface area contributed by atoms with Gasteiger partial charge in [-0.15, -0.1) is 0 Å². The molecule has 0 aliphatic carbocycles. The minimum Gasteiger partial charge on any atom is -0.497 e. The maximum atomic E-state index is 12.4. The van der Waals surface area contributed by atoms with Crippen LogP contribution in [0.2, 0.25) is 0 Å². The van der Waals surface area contributed by atoms with Crippen LogP contribution in [-0.4, -0.2) is 48.9 Å². The Balaban J connectivity index is 1.59. The number of aliphatic hydroxyl groups excluding tert-OH is 1. The van der Waals surface area contributed by atoms with Gasteiger partial charge in [-0.05, 0) is 30.7 Å². The number of nitrogens with one attached hydrogen (secondary N) is 2. The van der Waals surface area contributed by atoms with Crippen molar-refractivity contribution in [3.05, 3.63) is 60.2 Å². The number of nitrogens with zero attached hydrogens (tertiary/aromatic N) is 1.